The maximum absolute atomic E-state index is 13.2. The van der Waals surface area contributed by atoms with Crippen molar-refractivity contribution in [2.24, 2.45) is 5.92 Å². The van der Waals surface area contributed by atoms with Gasteiger partial charge in [0.2, 0.25) is 0 Å². The molecule has 0 radical (unpaired) electrons. The number of aromatic nitrogens is 1. The molecule has 8 heteroatoms. The van der Waals surface area contributed by atoms with E-state index in [1.54, 1.807) is 57.2 Å². The molecular formula is C25H32N2O6. The van der Waals surface area contributed by atoms with Crippen molar-refractivity contribution in [1.29, 1.82) is 0 Å². The van der Waals surface area contributed by atoms with E-state index in [1.807, 2.05) is 13.8 Å². The Morgan fingerprint density at radius 3 is 2.33 bits per heavy atom. The van der Waals surface area contributed by atoms with Gasteiger partial charge in [0.25, 0.3) is 0 Å². The number of hydrogen-bond acceptors (Lipinski definition) is 7. The number of carbonyl (C=O) groups is 3. The Hall–Kier alpha value is -3.42. The van der Waals surface area contributed by atoms with Crippen molar-refractivity contribution in [2.45, 2.75) is 52.6 Å². The highest BCUT2D eigenvalue weighted by Crippen LogP contribution is 2.33. The normalized spacial score (nSPS) is 12.1. The molecule has 1 aromatic heterocycles. The van der Waals surface area contributed by atoms with Crippen LogP contribution >= 0.6 is 0 Å². The number of Topliss-reactive ketones (excluding diaryl/α,β-unsaturated/α-hetero) is 1. The molecule has 1 N–H and O–H groups in total. The van der Waals surface area contributed by atoms with E-state index in [-0.39, 0.29) is 23.8 Å². The number of pyridine rings is 1. The van der Waals surface area contributed by atoms with Crippen molar-refractivity contribution in [3.8, 4) is 5.75 Å². The monoisotopic (exact) mass is 456 g/mol. The maximum atomic E-state index is 13.2. The van der Waals surface area contributed by atoms with E-state index in [1.165, 1.54) is 14.2 Å². The fourth-order valence-corrected chi connectivity index (χ4v) is 3.27. The zero-order valence-corrected chi connectivity index (χ0v) is 20.2. The molecule has 0 saturated carbocycles. The number of methoxy groups -OCH3 is 2. The number of anilines is 1. The minimum Gasteiger partial charge on any atom is -0.497 e. The molecule has 0 spiro atoms. The van der Waals surface area contributed by atoms with Crippen LogP contribution in [0.4, 0.5) is 10.5 Å². The average Bonchev–Trinajstić information content (AvgIpc) is 2.75. The summed E-state index contributed by atoms with van der Waals surface area (Å²) in [6, 6.07) is 10.1. The lowest BCUT2D eigenvalue weighted by molar-refractivity contribution is -0.123. The van der Waals surface area contributed by atoms with Crippen LogP contribution in [-0.2, 0) is 20.7 Å². The number of carbonyl (C=O) groups excluding carboxylic acids is 3. The number of ketones is 1. The van der Waals surface area contributed by atoms with Gasteiger partial charge >= 0.3 is 12.1 Å². The number of benzene rings is 1. The smallest absolute Gasteiger partial charge is 0.412 e. The van der Waals surface area contributed by atoms with Gasteiger partial charge in [0.1, 0.15) is 22.8 Å². The number of esters is 1. The summed E-state index contributed by atoms with van der Waals surface area (Å²) in [6.45, 7) is 8.94. The van der Waals surface area contributed by atoms with Crippen LogP contribution in [0.1, 0.15) is 62.3 Å². The van der Waals surface area contributed by atoms with Crippen LogP contribution in [-0.4, -0.2) is 42.7 Å². The molecule has 33 heavy (non-hydrogen) atoms. The topological polar surface area (TPSA) is 104 Å². The highest BCUT2D eigenvalue weighted by Gasteiger charge is 2.28. The first-order chi connectivity index (χ1) is 15.4. The molecule has 178 valence electrons. The maximum Gasteiger partial charge on any atom is 0.412 e. The standard InChI is InChI=1S/C25H32N2O6/c1-15(2)22(28)19(13-16-9-8-10-20(26-16)23(29)32-7)18-12-11-17(31-6)14-21(18)27-24(30)33-25(3,4)5/h8-12,14-15,19H,13H2,1-7H3,(H,27,30). The average molecular weight is 457 g/mol. The molecule has 0 fully saturated rings. The van der Waals surface area contributed by atoms with Crippen LogP contribution in [0.5, 0.6) is 5.75 Å². The summed E-state index contributed by atoms with van der Waals surface area (Å²) in [5.74, 6) is -0.958. The minimum atomic E-state index is -0.686. The van der Waals surface area contributed by atoms with Crippen molar-refractivity contribution in [3.05, 3.63) is 53.3 Å². The van der Waals surface area contributed by atoms with Gasteiger partial charge in [-0.1, -0.05) is 26.0 Å². The number of ether oxygens (including phenoxy) is 3. The number of nitrogens with one attached hydrogen (secondary N) is 1. The first-order valence-corrected chi connectivity index (χ1v) is 10.7. The number of rotatable bonds is 8. The highest BCUT2D eigenvalue weighted by atomic mass is 16.6. The van der Waals surface area contributed by atoms with Gasteiger partial charge in [-0.2, -0.15) is 0 Å². The summed E-state index contributed by atoms with van der Waals surface area (Å²) >= 11 is 0. The van der Waals surface area contributed by atoms with E-state index in [0.717, 1.165) is 0 Å². The number of nitrogens with zero attached hydrogens (tertiary/aromatic N) is 1. The summed E-state index contributed by atoms with van der Waals surface area (Å²) in [4.78, 5) is 42.0. The summed E-state index contributed by atoms with van der Waals surface area (Å²) in [6.07, 6.45) is -0.407. The second-order valence-corrected chi connectivity index (χ2v) is 8.90. The molecule has 8 nitrogen and oxygen atoms in total. The Kier molecular flexibility index (Phi) is 8.56. The van der Waals surface area contributed by atoms with Gasteiger partial charge in [-0.3, -0.25) is 10.1 Å². The van der Waals surface area contributed by atoms with Crippen molar-refractivity contribution < 1.29 is 28.6 Å². The quantitative estimate of drug-likeness (QED) is 0.570. The first-order valence-electron chi connectivity index (χ1n) is 10.7. The van der Waals surface area contributed by atoms with Crippen LogP contribution in [0.3, 0.4) is 0 Å². The second kappa shape index (κ2) is 10.9. The van der Waals surface area contributed by atoms with Crippen LogP contribution in [0, 0.1) is 5.92 Å². The summed E-state index contributed by atoms with van der Waals surface area (Å²) in [7, 11) is 2.80. The van der Waals surface area contributed by atoms with Gasteiger partial charge in [0.15, 0.2) is 0 Å². The number of amides is 1. The lowest BCUT2D eigenvalue weighted by Gasteiger charge is -2.24. The van der Waals surface area contributed by atoms with Gasteiger partial charge in [-0.25, -0.2) is 14.6 Å². The van der Waals surface area contributed by atoms with E-state index >= 15 is 0 Å². The van der Waals surface area contributed by atoms with Gasteiger partial charge in [-0.05, 0) is 44.5 Å². The fraction of sp³-hybridized carbons (Fsp3) is 0.440. The van der Waals surface area contributed by atoms with Gasteiger partial charge in [0, 0.05) is 24.1 Å². The van der Waals surface area contributed by atoms with Gasteiger partial charge < -0.3 is 14.2 Å². The third-order valence-corrected chi connectivity index (χ3v) is 4.80. The predicted molar refractivity (Wildman–Crippen MR) is 125 cm³/mol. The zero-order valence-electron chi connectivity index (χ0n) is 20.2. The van der Waals surface area contributed by atoms with Crippen LogP contribution in [0.25, 0.3) is 0 Å². The predicted octanol–water partition coefficient (Wildman–Crippen LogP) is 4.78. The molecule has 1 unspecified atom stereocenters. The lowest BCUT2D eigenvalue weighted by Crippen LogP contribution is -2.28. The van der Waals surface area contributed by atoms with Crippen molar-refractivity contribution >= 4 is 23.5 Å². The van der Waals surface area contributed by atoms with Gasteiger partial charge in [0.05, 0.1) is 25.8 Å². The molecule has 0 aliphatic heterocycles. The molecule has 1 amide bonds. The summed E-state index contributed by atoms with van der Waals surface area (Å²) in [5.41, 5.74) is 1.04. The molecular weight excluding hydrogens is 424 g/mol. The van der Waals surface area contributed by atoms with Crippen molar-refractivity contribution in [3.63, 3.8) is 0 Å². The molecule has 0 bridgehead atoms. The molecule has 1 heterocycles. The van der Waals surface area contributed by atoms with E-state index in [2.05, 4.69) is 10.3 Å². The molecule has 0 aliphatic rings. The fourth-order valence-electron chi connectivity index (χ4n) is 3.27. The third kappa shape index (κ3) is 7.30. The molecule has 1 atom stereocenters. The minimum absolute atomic E-state index is 0.0299. The van der Waals surface area contributed by atoms with Crippen molar-refractivity contribution in [1.82, 2.24) is 4.98 Å². The lowest BCUT2D eigenvalue weighted by atomic mass is 9.84. The molecule has 0 aliphatic carbocycles. The largest absolute Gasteiger partial charge is 0.497 e. The molecule has 2 aromatic rings. The van der Waals surface area contributed by atoms with E-state index in [0.29, 0.717) is 22.7 Å². The van der Waals surface area contributed by atoms with E-state index < -0.39 is 23.6 Å². The van der Waals surface area contributed by atoms with Crippen LogP contribution in [0.2, 0.25) is 0 Å². The Balaban J connectivity index is 2.50. The Bertz CT molecular complexity index is 1010. The number of hydrogen-bond donors (Lipinski definition) is 1. The molecule has 2 rings (SSSR count). The Morgan fingerprint density at radius 1 is 1.06 bits per heavy atom. The Morgan fingerprint density at radius 2 is 1.76 bits per heavy atom. The summed E-state index contributed by atoms with van der Waals surface area (Å²) < 4.78 is 15.5. The van der Waals surface area contributed by atoms with Gasteiger partial charge in [-0.15, -0.1) is 0 Å². The van der Waals surface area contributed by atoms with Crippen LogP contribution < -0.4 is 10.1 Å². The molecule has 1 aromatic carbocycles. The third-order valence-electron chi connectivity index (χ3n) is 4.80. The first kappa shape index (κ1) is 25.8. The molecule has 0 saturated heterocycles. The second-order valence-electron chi connectivity index (χ2n) is 8.90. The van der Waals surface area contributed by atoms with Crippen LogP contribution in [0.15, 0.2) is 36.4 Å². The van der Waals surface area contributed by atoms with E-state index in [4.69, 9.17) is 14.2 Å². The summed E-state index contributed by atoms with van der Waals surface area (Å²) in [5, 5.41) is 2.75. The highest BCUT2D eigenvalue weighted by molar-refractivity contribution is 5.92. The van der Waals surface area contributed by atoms with Crippen molar-refractivity contribution in [2.75, 3.05) is 19.5 Å². The zero-order chi connectivity index (χ0) is 24.8. The Labute approximate surface area is 194 Å². The SMILES string of the molecule is COC(=O)c1cccc(CC(C(=O)C(C)C)c2ccc(OC)cc2NC(=O)OC(C)(C)C)n1. The van der Waals surface area contributed by atoms with E-state index in [9.17, 15) is 14.4 Å².